The third-order valence-electron chi connectivity index (χ3n) is 6.47. The van der Waals surface area contributed by atoms with E-state index >= 15 is 0 Å². The quantitative estimate of drug-likeness (QED) is 0.552. The Kier molecular flexibility index (Phi) is 6.33. The van der Waals surface area contributed by atoms with Gasteiger partial charge in [0.1, 0.15) is 5.82 Å². The Morgan fingerprint density at radius 3 is 2.40 bits per heavy atom. The minimum absolute atomic E-state index is 0.136. The first-order valence-corrected chi connectivity index (χ1v) is 11.7. The van der Waals surface area contributed by atoms with Crippen molar-refractivity contribution in [2.45, 2.75) is 6.42 Å². The highest BCUT2D eigenvalue weighted by Crippen LogP contribution is 2.37. The van der Waals surface area contributed by atoms with E-state index in [9.17, 15) is 14.0 Å². The van der Waals surface area contributed by atoms with Crippen LogP contribution in [-0.4, -0.2) is 54.8 Å². The Hall–Kier alpha value is -3.97. The molecule has 0 atom stereocenters. The molecule has 2 heterocycles. The Labute approximate surface area is 204 Å². The van der Waals surface area contributed by atoms with Crippen LogP contribution >= 0.6 is 0 Å². The van der Waals surface area contributed by atoms with E-state index in [1.165, 1.54) is 12.1 Å². The highest BCUT2D eigenvalue weighted by Gasteiger charge is 2.29. The Morgan fingerprint density at radius 1 is 0.971 bits per heavy atom. The van der Waals surface area contributed by atoms with Crippen LogP contribution in [0.2, 0.25) is 0 Å². The van der Waals surface area contributed by atoms with Crippen LogP contribution < -0.4 is 10.6 Å². The van der Waals surface area contributed by atoms with Crippen LogP contribution in [0.15, 0.2) is 72.8 Å². The van der Waals surface area contributed by atoms with Crippen molar-refractivity contribution in [2.75, 3.05) is 43.9 Å². The average molecular weight is 471 g/mol. The number of carbonyl (C=O) groups is 2. The van der Waals surface area contributed by atoms with E-state index < -0.39 is 5.82 Å². The SMILES string of the molecule is CN1CCN(C(=O)Cc2ccc(N/C(=C3\C(=O)Nc4cc(F)ccc43)c3ccccc3)cc2)CC1. The van der Waals surface area contributed by atoms with Crippen LogP contribution in [-0.2, 0) is 16.0 Å². The highest BCUT2D eigenvalue weighted by atomic mass is 19.1. The van der Waals surface area contributed by atoms with Crippen molar-refractivity contribution in [1.82, 2.24) is 9.80 Å². The molecule has 1 fully saturated rings. The van der Waals surface area contributed by atoms with Gasteiger partial charge in [-0.3, -0.25) is 9.59 Å². The molecule has 35 heavy (non-hydrogen) atoms. The van der Waals surface area contributed by atoms with E-state index in [-0.39, 0.29) is 11.8 Å². The summed E-state index contributed by atoms with van der Waals surface area (Å²) in [4.78, 5) is 29.7. The van der Waals surface area contributed by atoms with Crippen molar-refractivity contribution in [3.05, 3.63) is 95.3 Å². The lowest BCUT2D eigenvalue weighted by molar-refractivity contribution is -0.132. The second-order valence-corrected chi connectivity index (χ2v) is 8.94. The number of benzene rings is 3. The number of fused-ring (bicyclic) bond motifs is 1. The van der Waals surface area contributed by atoms with E-state index in [2.05, 4.69) is 22.6 Å². The van der Waals surface area contributed by atoms with Crippen LogP contribution in [0.25, 0.3) is 11.3 Å². The molecule has 2 aliphatic heterocycles. The molecule has 2 amide bonds. The molecule has 0 aliphatic carbocycles. The highest BCUT2D eigenvalue weighted by molar-refractivity contribution is 6.37. The zero-order valence-electron chi connectivity index (χ0n) is 19.6. The standard InChI is InChI=1S/C28H27FN4O2/c1-32-13-15-33(16-14-32)25(34)17-19-7-10-22(11-8-19)30-27(20-5-3-2-4-6-20)26-23-12-9-21(29)18-24(23)31-28(26)35/h2-12,18,30H,13-17H2,1H3,(H,31,35)/b27-26-. The maximum absolute atomic E-state index is 13.7. The second kappa shape index (κ2) is 9.72. The summed E-state index contributed by atoms with van der Waals surface area (Å²) < 4.78 is 13.7. The lowest BCUT2D eigenvalue weighted by Crippen LogP contribution is -2.47. The predicted molar refractivity (Wildman–Crippen MR) is 136 cm³/mol. The number of nitrogens with zero attached hydrogens (tertiary/aromatic N) is 2. The van der Waals surface area contributed by atoms with Crippen molar-refractivity contribution < 1.29 is 14.0 Å². The fraction of sp³-hybridized carbons (Fsp3) is 0.214. The first-order valence-electron chi connectivity index (χ1n) is 11.7. The molecule has 6 nitrogen and oxygen atoms in total. The largest absolute Gasteiger partial charge is 0.354 e. The minimum atomic E-state index is -0.402. The molecule has 178 valence electrons. The summed E-state index contributed by atoms with van der Waals surface area (Å²) in [6, 6.07) is 21.6. The number of piperazine rings is 1. The number of rotatable bonds is 5. The maximum Gasteiger partial charge on any atom is 0.258 e. The molecule has 0 saturated carbocycles. The normalized spacial score (nSPS) is 17.1. The number of amides is 2. The molecule has 7 heteroatoms. The summed E-state index contributed by atoms with van der Waals surface area (Å²) in [6.45, 7) is 3.32. The van der Waals surface area contributed by atoms with Gasteiger partial charge in [-0.2, -0.15) is 0 Å². The number of carbonyl (C=O) groups excluding carboxylic acids is 2. The van der Waals surface area contributed by atoms with E-state index in [1.807, 2.05) is 59.5 Å². The third kappa shape index (κ3) is 4.95. The van der Waals surface area contributed by atoms with Gasteiger partial charge in [-0.1, -0.05) is 42.5 Å². The van der Waals surface area contributed by atoms with Gasteiger partial charge in [0.05, 0.1) is 23.4 Å². The predicted octanol–water partition coefficient (Wildman–Crippen LogP) is 4.07. The topological polar surface area (TPSA) is 64.7 Å². The third-order valence-corrected chi connectivity index (χ3v) is 6.47. The van der Waals surface area contributed by atoms with Gasteiger partial charge in [0.15, 0.2) is 0 Å². The molecule has 5 rings (SSSR count). The van der Waals surface area contributed by atoms with Crippen LogP contribution in [0, 0.1) is 5.82 Å². The molecule has 3 aromatic rings. The first-order chi connectivity index (χ1) is 17.0. The molecular formula is C28H27FN4O2. The Balaban J connectivity index is 1.40. The molecule has 3 aromatic carbocycles. The van der Waals surface area contributed by atoms with E-state index in [0.717, 1.165) is 43.0 Å². The molecular weight excluding hydrogens is 443 g/mol. The number of hydrogen-bond donors (Lipinski definition) is 2. The number of nitrogens with one attached hydrogen (secondary N) is 2. The van der Waals surface area contributed by atoms with Gasteiger partial charge in [0, 0.05) is 37.4 Å². The first kappa shape index (κ1) is 22.8. The molecule has 2 N–H and O–H groups in total. The summed E-state index contributed by atoms with van der Waals surface area (Å²) >= 11 is 0. The monoisotopic (exact) mass is 470 g/mol. The van der Waals surface area contributed by atoms with Crippen molar-refractivity contribution >= 4 is 34.5 Å². The Bertz CT molecular complexity index is 1280. The van der Waals surface area contributed by atoms with Gasteiger partial charge in [0.25, 0.3) is 5.91 Å². The molecule has 1 saturated heterocycles. The molecule has 0 bridgehead atoms. The lowest BCUT2D eigenvalue weighted by Gasteiger charge is -2.32. The summed E-state index contributed by atoms with van der Waals surface area (Å²) in [7, 11) is 2.07. The van der Waals surface area contributed by atoms with E-state index in [0.29, 0.717) is 28.9 Å². The lowest BCUT2D eigenvalue weighted by atomic mass is 10.00. The summed E-state index contributed by atoms with van der Waals surface area (Å²) in [5.41, 5.74) is 4.76. The molecule has 0 radical (unpaired) electrons. The summed E-state index contributed by atoms with van der Waals surface area (Å²) in [6.07, 6.45) is 0.359. The van der Waals surface area contributed by atoms with Crippen LogP contribution in [0.3, 0.4) is 0 Å². The maximum atomic E-state index is 13.7. The van der Waals surface area contributed by atoms with Gasteiger partial charge in [-0.15, -0.1) is 0 Å². The second-order valence-electron chi connectivity index (χ2n) is 8.94. The van der Waals surface area contributed by atoms with Crippen molar-refractivity contribution in [2.24, 2.45) is 0 Å². The molecule has 0 unspecified atom stereocenters. The van der Waals surface area contributed by atoms with Gasteiger partial charge in [0.2, 0.25) is 5.91 Å². The van der Waals surface area contributed by atoms with Gasteiger partial charge in [-0.25, -0.2) is 4.39 Å². The minimum Gasteiger partial charge on any atom is -0.354 e. The fourth-order valence-electron chi connectivity index (χ4n) is 4.47. The Morgan fingerprint density at radius 2 is 1.69 bits per heavy atom. The van der Waals surface area contributed by atoms with E-state index in [1.54, 1.807) is 6.07 Å². The zero-order chi connectivity index (χ0) is 24.4. The van der Waals surface area contributed by atoms with Gasteiger partial charge >= 0.3 is 0 Å². The van der Waals surface area contributed by atoms with Crippen molar-refractivity contribution in [3.8, 4) is 0 Å². The number of hydrogen-bond acceptors (Lipinski definition) is 4. The number of halogens is 1. The summed E-state index contributed by atoms with van der Waals surface area (Å²) in [5.74, 6) is -0.551. The zero-order valence-corrected chi connectivity index (χ0v) is 19.6. The van der Waals surface area contributed by atoms with Gasteiger partial charge < -0.3 is 20.4 Å². The number of anilines is 2. The molecule has 2 aliphatic rings. The molecule has 0 aromatic heterocycles. The molecule has 0 spiro atoms. The number of likely N-dealkylation sites (N-methyl/N-ethyl adjacent to an activating group) is 1. The fourth-order valence-corrected chi connectivity index (χ4v) is 4.47. The summed E-state index contributed by atoms with van der Waals surface area (Å²) in [5, 5.41) is 6.16. The van der Waals surface area contributed by atoms with Crippen LogP contribution in [0.4, 0.5) is 15.8 Å². The van der Waals surface area contributed by atoms with Crippen LogP contribution in [0.1, 0.15) is 16.7 Å². The van der Waals surface area contributed by atoms with Crippen LogP contribution in [0.5, 0.6) is 0 Å². The average Bonchev–Trinajstić information content (AvgIpc) is 3.19. The van der Waals surface area contributed by atoms with E-state index in [4.69, 9.17) is 0 Å². The smallest absolute Gasteiger partial charge is 0.258 e. The van der Waals surface area contributed by atoms with Gasteiger partial charge in [-0.05, 0) is 48.5 Å². The van der Waals surface area contributed by atoms with Crippen molar-refractivity contribution in [1.29, 1.82) is 0 Å². The van der Waals surface area contributed by atoms with Crippen molar-refractivity contribution in [3.63, 3.8) is 0 Å².